The number of benzene rings is 2. The van der Waals surface area contributed by atoms with Crippen LogP contribution < -0.4 is 5.32 Å². The number of rotatable bonds is 11. The number of nitrogens with one attached hydrogen (secondary N) is 1. The number of unbranched alkanes of at least 4 members (excludes halogenated alkanes) is 5. The van der Waals surface area contributed by atoms with Crippen molar-refractivity contribution in [1.29, 1.82) is 0 Å². The molecule has 0 saturated carbocycles. The molecule has 4 nitrogen and oxygen atoms in total. The fourth-order valence-corrected chi connectivity index (χ4v) is 3.52. The van der Waals surface area contributed by atoms with Gasteiger partial charge in [0.15, 0.2) is 0 Å². The maximum absolute atomic E-state index is 12.2. The summed E-state index contributed by atoms with van der Waals surface area (Å²) in [6.07, 6.45) is 11.0. The average molecular weight is 390 g/mol. The van der Waals surface area contributed by atoms with E-state index in [-0.39, 0.29) is 5.91 Å². The minimum atomic E-state index is -0.105. The van der Waals surface area contributed by atoms with E-state index < -0.39 is 0 Å². The summed E-state index contributed by atoms with van der Waals surface area (Å²) in [4.78, 5) is 17.0. The molecule has 0 fully saturated rings. The van der Waals surface area contributed by atoms with Crippen LogP contribution in [-0.4, -0.2) is 15.5 Å². The summed E-state index contributed by atoms with van der Waals surface area (Å²) in [6, 6.07) is 18.0. The standard InChI is InChI=1S/C25H31N3O/c1-2-3-4-5-6-12-19-28-23-16-11-10-15-22(23)27-24(28)20-26-25(29)18-17-21-13-8-7-9-14-21/h7-11,13-18H,2-6,12,19-20H2,1H3,(H,26,29)/b18-17-. The Labute approximate surface area is 173 Å². The quantitative estimate of drug-likeness (QED) is 0.336. The summed E-state index contributed by atoms with van der Waals surface area (Å²) >= 11 is 0. The lowest BCUT2D eigenvalue weighted by Gasteiger charge is -2.10. The zero-order chi connectivity index (χ0) is 20.3. The molecule has 0 spiro atoms. The number of fused-ring (bicyclic) bond motifs is 1. The third-order valence-electron chi connectivity index (χ3n) is 5.12. The van der Waals surface area contributed by atoms with Crippen molar-refractivity contribution in [1.82, 2.24) is 14.9 Å². The van der Waals surface area contributed by atoms with Crippen molar-refractivity contribution in [2.24, 2.45) is 0 Å². The van der Waals surface area contributed by atoms with E-state index in [0.29, 0.717) is 6.54 Å². The van der Waals surface area contributed by atoms with Gasteiger partial charge in [0.05, 0.1) is 17.6 Å². The van der Waals surface area contributed by atoms with Gasteiger partial charge in [-0.2, -0.15) is 0 Å². The molecule has 0 bridgehead atoms. The third-order valence-corrected chi connectivity index (χ3v) is 5.12. The van der Waals surface area contributed by atoms with Crippen LogP contribution in [0.5, 0.6) is 0 Å². The van der Waals surface area contributed by atoms with Gasteiger partial charge in [0, 0.05) is 12.6 Å². The maximum Gasteiger partial charge on any atom is 0.244 e. The van der Waals surface area contributed by atoms with Crippen LogP contribution in [0.3, 0.4) is 0 Å². The molecule has 4 heteroatoms. The molecule has 0 saturated heterocycles. The Hall–Kier alpha value is -2.88. The van der Waals surface area contributed by atoms with Crippen LogP contribution in [-0.2, 0) is 17.9 Å². The van der Waals surface area contributed by atoms with Crippen LogP contribution in [0.25, 0.3) is 17.1 Å². The molecule has 1 amide bonds. The number of carbonyl (C=O) groups excluding carboxylic acids is 1. The predicted octanol–water partition coefficient (Wildman–Crippen LogP) is 5.73. The normalized spacial score (nSPS) is 11.3. The van der Waals surface area contributed by atoms with E-state index in [1.807, 2.05) is 54.6 Å². The van der Waals surface area contributed by atoms with Gasteiger partial charge in [0.25, 0.3) is 0 Å². The number of hydrogen-bond donors (Lipinski definition) is 1. The Bertz CT molecular complexity index is 928. The Morgan fingerprint density at radius 3 is 2.52 bits per heavy atom. The SMILES string of the molecule is CCCCCCCCn1c(CNC(=O)/C=C\c2ccccc2)nc2ccccc21. The van der Waals surface area contributed by atoms with Crippen molar-refractivity contribution in [2.45, 2.75) is 58.5 Å². The molecule has 0 unspecified atom stereocenters. The smallest absolute Gasteiger partial charge is 0.244 e. The highest BCUT2D eigenvalue weighted by atomic mass is 16.1. The molecule has 0 radical (unpaired) electrons. The second kappa shape index (κ2) is 11.2. The topological polar surface area (TPSA) is 46.9 Å². The zero-order valence-electron chi connectivity index (χ0n) is 17.3. The molecule has 1 aromatic heterocycles. The number of nitrogens with zero attached hydrogens (tertiary/aromatic N) is 2. The second-order valence-electron chi connectivity index (χ2n) is 7.40. The fourth-order valence-electron chi connectivity index (χ4n) is 3.52. The van der Waals surface area contributed by atoms with Crippen LogP contribution in [0.1, 0.15) is 56.8 Å². The van der Waals surface area contributed by atoms with E-state index in [2.05, 4.69) is 22.9 Å². The maximum atomic E-state index is 12.2. The van der Waals surface area contributed by atoms with Crippen molar-refractivity contribution in [3.8, 4) is 0 Å². The number of imidazole rings is 1. The first-order valence-electron chi connectivity index (χ1n) is 10.7. The number of carbonyl (C=O) groups is 1. The minimum absolute atomic E-state index is 0.105. The van der Waals surface area contributed by atoms with E-state index >= 15 is 0 Å². The molecule has 29 heavy (non-hydrogen) atoms. The summed E-state index contributed by atoms with van der Waals surface area (Å²) in [7, 11) is 0. The molecule has 0 aliphatic heterocycles. The zero-order valence-corrected chi connectivity index (χ0v) is 17.3. The lowest BCUT2D eigenvalue weighted by atomic mass is 10.1. The molecule has 1 heterocycles. The number of hydrogen-bond acceptors (Lipinski definition) is 2. The molecule has 3 rings (SSSR count). The van der Waals surface area contributed by atoms with Gasteiger partial charge in [-0.05, 0) is 30.2 Å². The molecule has 3 aromatic rings. The highest BCUT2D eigenvalue weighted by molar-refractivity contribution is 5.91. The summed E-state index contributed by atoms with van der Waals surface area (Å²) in [5.41, 5.74) is 3.14. The van der Waals surface area contributed by atoms with Crippen molar-refractivity contribution in [3.05, 3.63) is 72.1 Å². The number of aromatic nitrogens is 2. The highest BCUT2D eigenvalue weighted by Crippen LogP contribution is 2.18. The van der Waals surface area contributed by atoms with E-state index in [4.69, 9.17) is 4.98 Å². The van der Waals surface area contributed by atoms with Crippen LogP contribution in [0.4, 0.5) is 0 Å². The first-order valence-corrected chi connectivity index (χ1v) is 10.7. The van der Waals surface area contributed by atoms with E-state index in [1.165, 1.54) is 32.1 Å². The Morgan fingerprint density at radius 2 is 1.69 bits per heavy atom. The highest BCUT2D eigenvalue weighted by Gasteiger charge is 2.10. The molecule has 2 aromatic carbocycles. The largest absolute Gasteiger partial charge is 0.345 e. The number of aryl methyl sites for hydroxylation is 1. The van der Waals surface area contributed by atoms with Gasteiger partial charge in [0.2, 0.25) is 5.91 Å². The monoisotopic (exact) mass is 389 g/mol. The van der Waals surface area contributed by atoms with Crippen LogP contribution in [0.15, 0.2) is 60.7 Å². The molecule has 152 valence electrons. The molecule has 1 N–H and O–H groups in total. The number of amides is 1. The number of para-hydroxylation sites is 2. The van der Waals surface area contributed by atoms with Gasteiger partial charge < -0.3 is 9.88 Å². The Morgan fingerprint density at radius 1 is 0.966 bits per heavy atom. The lowest BCUT2D eigenvalue weighted by molar-refractivity contribution is -0.116. The summed E-state index contributed by atoms with van der Waals surface area (Å²) in [5, 5.41) is 2.98. The lowest BCUT2D eigenvalue weighted by Crippen LogP contribution is -2.22. The first kappa shape index (κ1) is 20.8. The van der Waals surface area contributed by atoms with Crippen LogP contribution in [0.2, 0.25) is 0 Å². The van der Waals surface area contributed by atoms with Crippen molar-refractivity contribution < 1.29 is 4.79 Å². The van der Waals surface area contributed by atoms with E-state index in [1.54, 1.807) is 6.08 Å². The second-order valence-corrected chi connectivity index (χ2v) is 7.40. The van der Waals surface area contributed by atoms with Gasteiger partial charge in [-0.25, -0.2) is 4.98 Å². The summed E-state index contributed by atoms with van der Waals surface area (Å²) in [6.45, 7) is 3.62. The molecule has 0 atom stereocenters. The van der Waals surface area contributed by atoms with E-state index in [9.17, 15) is 4.79 Å². The van der Waals surface area contributed by atoms with Crippen LogP contribution >= 0.6 is 0 Å². The predicted molar refractivity (Wildman–Crippen MR) is 120 cm³/mol. The van der Waals surface area contributed by atoms with Crippen LogP contribution in [0, 0.1) is 0 Å². The molecular formula is C25H31N3O. The third kappa shape index (κ3) is 6.31. The van der Waals surface area contributed by atoms with Gasteiger partial charge >= 0.3 is 0 Å². The molecular weight excluding hydrogens is 358 g/mol. The Kier molecular flexibility index (Phi) is 8.05. The summed E-state index contributed by atoms with van der Waals surface area (Å²) < 4.78 is 2.26. The van der Waals surface area contributed by atoms with Gasteiger partial charge in [-0.15, -0.1) is 0 Å². The fraction of sp³-hybridized carbons (Fsp3) is 0.360. The molecule has 0 aliphatic carbocycles. The first-order chi connectivity index (χ1) is 14.3. The van der Waals surface area contributed by atoms with Gasteiger partial charge in [0.1, 0.15) is 5.82 Å². The van der Waals surface area contributed by atoms with E-state index in [0.717, 1.165) is 35.4 Å². The average Bonchev–Trinajstić information content (AvgIpc) is 3.11. The Balaban J connectivity index is 1.60. The minimum Gasteiger partial charge on any atom is -0.345 e. The van der Waals surface area contributed by atoms with Crippen molar-refractivity contribution in [3.63, 3.8) is 0 Å². The summed E-state index contributed by atoms with van der Waals surface area (Å²) in [5.74, 6) is 0.813. The van der Waals surface area contributed by atoms with Crippen molar-refractivity contribution >= 4 is 23.0 Å². The van der Waals surface area contributed by atoms with Gasteiger partial charge in [-0.1, -0.05) is 81.5 Å². The molecule has 0 aliphatic rings. The van der Waals surface area contributed by atoms with Gasteiger partial charge in [-0.3, -0.25) is 4.79 Å². The van der Waals surface area contributed by atoms with Crippen molar-refractivity contribution in [2.75, 3.05) is 0 Å².